The zero-order valence-electron chi connectivity index (χ0n) is 14.3. The SMILES string of the molecule is COC(=O)c1c(C)[nH]c(C(=O)[C@H](C)Oc2ccc(C)cc2Br)c1C. The number of rotatable bonds is 5. The minimum absolute atomic E-state index is 0.224. The van der Waals surface area contributed by atoms with Gasteiger partial charge in [-0.05, 0) is 66.9 Å². The van der Waals surface area contributed by atoms with Gasteiger partial charge in [-0.1, -0.05) is 6.07 Å². The van der Waals surface area contributed by atoms with Crippen LogP contribution in [0.1, 0.15) is 44.6 Å². The van der Waals surface area contributed by atoms with Crippen LogP contribution in [0.3, 0.4) is 0 Å². The molecule has 0 aliphatic heterocycles. The first kappa shape index (κ1) is 18.3. The molecular formula is C18H20BrNO4. The van der Waals surface area contributed by atoms with E-state index >= 15 is 0 Å². The summed E-state index contributed by atoms with van der Waals surface area (Å²) in [5.74, 6) is -0.0936. The lowest BCUT2D eigenvalue weighted by molar-refractivity contribution is 0.0599. The second kappa shape index (κ2) is 7.21. The summed E-state index contributed by atoms with van der Waals surface area (Å²) in [5, 5.41) is 0. The fourth-order valence-corrected chi connectivity index (χ4v) is 3.14. The van der Waals surface area contributed by atoms with Gasteiger partial charge in [-0.25, -0.2) is 4.79 Å². The molecule has 24 heavy (non-hydrogen) atoms. The van der Waals surface area contributed by atoms with Crippen molar-refractivity contribution in [1.82, 2.24) is 4.98 Å². The molecule has 0 unspecified atom stereocenters. The summed E-state index contributed by atoms with van der Waals surface area (Å²) in [5.41, 5.74) is 3.02. The highest BCUT2D eigenvalue weighted by molar-refractivity contribution is 9.10. The quantitative estimate of drug-likeness (QED) is 0.612. The summed E-state index contributed by atoms with van der Waals surface area (Å²) < 4.78 is 11.3. The van der Waals surface area contributed by atoms with E-state index in [2.05, 4.69) is 20.9 Å². The molecule has 0 spiro atoms. The molecule has 1 atom stereocenters. The van der Waals surface area contributed by atoms with Crippen LogP contribution in [-0.4, -0.2) is 30.0 Å². The fraction of sp³-hybridized carbons (Fsp3) is 0.333. The van der Waals surface area contributed by atoms with E-state index in [1.165, 1.54) is 7.11 Å². The topological polar surface area (TPSA) is 68.4 Å². The monoisotopic (exact) mass is 393 g/mol. The van der Waals surface area contributed by atoms with Crippen LogP contribution >= 0.6 is 15.9 Å². The number of aryl methyl sites for hydroxylation is 2. The van der Waals surface area contributed by atoms with Crippen LogP contribution in [0.2, 0.25) is 0 Å². The van der Waals surface area contributed by atoms with Gasteiger partial charge in [0.1, 0.15) is 5.75 Å². The summed E-state index contributed by atoms with van der Waals surface area (Å²) in [6.07, 6.45) is -0.703. The third-order valence-electron chi connectivity index (χ3n) is 3.83. The number of hydrogen-bond acceptors (Lipinski definition) is 4. The maximum atomic E-state index is 12.7. The average Bonchev–Trinajstić information content (AvgIpc) is 2.83. The Labute approximate surface area is 149 Å². The number of ketones is 1. The highest BCUT2D eigenvalue weighted by atomic mass is 79.9. The van der Waals surface area contributed by atoms with Gasteiger partial charge in [0.15, 0.2) is 6.10 Å². The number of ether oxygens (including phenoxy) is 2. The van der Waals surface area contributed by atoms with Crippen LogP contribution in [-0.2, 0) is 4.74 Å². The number of hydrogen-bond donors (Lipinski definition) is 1. The highest BCUT2D eigenvalue weighted by Gasteiger charge is 2.26. The second-order valence-electron chi connectivity index (χ2n) is 5.67. The number of nitrogens with one attached hydrogen (secondary N) is 1. The molecule has 1 N–H and O–H groups in total. The number of halogens is 1. The largest absolute Gasteiger partial charge is 0.481 e. The van der Waals surface area contributed by atoms with Gasteiger partial charge in [0.05, 0.1) is 22.8 Å². The van der Waals surface area contributed by atoms with Crippen LogP contribution in [0.15, 0.2) is 22.7 Å². The van der Waals surface area contributed by atoms with Crippen molar-refractivity contribution in [2.24, 2.45) is 0 Å². The number of esters is 1. The third kappa shape index (κ3) is 3.53. The minimum Gasteiger partial charge on any atom is -0.481 e. The van der Waals surface area contributed by atoms with E-state index in [0.717, 1.165) is 10.0 Å². The molecule has 0 aliphatic carbocycles. The van der Waals surface area contributed by atoms with Crippen LogP contribution in [0, 0.1) is 20.8 Å². The fourth-order valence-electron chi connectivity index (χ4n) is 2.55. The molecule has 0 saturated carbocycles. The van der Waals surface area contributed by atoms with Crippen molar-refractivity contribution < 1.29 is 19.1 Å². The number of aromatic nitrogens is 1. The van der Waals surface area contributed by atoms with E-state index in [9.17, 15) is 9.59 Å². The lowest BCUT2D eigenvalue weighted by Crippen LogP contribution is -2.25. The number of benzene rings is 1. The zero-order chi connectivity index (χ0) is 18.0. The van der Waals surface area contributed by atoms with E-state index in [1.807, 2.05) is 25.1 Å². The number of carbonyl (C=O) groups excluding carboxylic acids is 2. The molecule has 6 heteroatoms. The molecule has 0 bridgehead atoms. The molecule has 128 valence electrons. The zero-order valence-corrected chi connectivity index (χ0v) is 15.9. The minimum atomic E-state index is -0.703. The normalized spacial score (nSPS) is 11.9. The first-order valence-corrected chi connectivity index (χ1v) is 8.30. The first-order chi connectivity index (χ1) is 11.3. The van der Waals surface area contributed by atoms with Crippen LogP contribution in [0.4, 0.5) is 0 Å². The molecule has 1 heterocycles. The number of H-pyrrole nitrogens is 1. The summed E-state index contributed by atoms with van der Waals surface area (Å²) in [6, 6.07) is 5.65. The Hall–Kier alpha value is -2.08. The second-order valence-corrected chi connectivity index (χ2v) is 6.53. The lowest BCUT2D eigenvalue weighted by atomic mass is 10.1. The molecule has 1 aromatic carbocycles. The van der Waals surface area contributed by atoms with Crippen molar-refractivity contribution in [3.63, 3.8) is 0 Å². The van der Waals surface area contributed by atoms with Gasteiger partial charge >= 0.3 is 5.97 Å². The first-order valence-electron chi connectivity index (χ1n) is 7.50. The van der Waals surface area contributed by atoms with Gasteiger partial charge in [-0.15, -0.1) is 0 Å². The predicted octanol–water partition coefficient (Wildman–Crippen LogP) is 4.14. The molecule has 5 nitrogen and oxygen atoms in total. The van der Waals surface area contributed by atoms with Crippen molar-refractivity contribution in [2.45, 2.75) is 33.8 Å². The molecule has 2 aromatic rings. The van der Waals surface area contributed by atoms with Gasteiger partial charge < -0.3 is 14.5 Å². The molecule has 0 amide bonds. The Kier molecular flexibility index (Phi) is 5.49. The maximum absolute atomic E-state index is 12.7. The average molecular weight is 394 g/mol. The Morgan fingerprint density at radius 1 is 1.21 bits per heavy atom. The molecule has 0 aliphatic rings. The van der Waals surface area contributed by atoms with E-state index in [0.29, 0.717) is 28.3 Å². The Bertz CT molecular complexity index is 795. The number of methoxy groups -OCH3 is 1. The summed E-state index contributed by atoms with van der Waals surface area (Å²) >= 11 is 3.43. The molecule has 0 saturated heterocycles. The van der Waals surface area contributed by atoms with Gasteiger partial charge in [0.25, 0.3) is 0 Å². The predicted molar refractivity (Wildman–Crippen MR) is 94.9 cm³/mol. The lowest BCUT2D eigenvalue weighted by Gasteiger charge is -2.15. The molecule has 0 radical (unpaired) electrons. The van der Waals surface area contributed by atoms with Crippen LogP contribution < -0.4 is 4.74 Å². The van der Waals surface area contributed by atoms with E-state index in [-0.39, 0.29) is 5.78 Å². The number of carbonyl (C=O) groups is 2. The molecular weight excluding hydrogens is 374 g/mol. The number of aromatic amines is 1. The standard InChI is InChI=1S/C18H20BrNO4/c1-9-6-7-14(13(19)8-9)24-12(4)17(21)16-10(2)15(11(3)20-16)18(22)23-5/h6-8,12,20H,1-5H3/t12-/m0/s1. The summed E-state index contributed by atoms with van der Waals surface area (Å²) in [4.78, 5) is 27.5. The third-order valence-corrected chi connectivity index (χ3v) is 4.45. The highest BCUT2D eigenvalue weighted by Crippen LogP contribution is 2.28. The van der Waals surface area contributed by atoms with Crippen LogP contribution in [0.5, 0.6) is 5.75 Å². The summed E-state index contributed by atoms with van der Waals surface area (Å²) in [7, 11) is 1.32. The van der Waals surface area contributed by atoms with Crippen molar-refractivity contribution in [2.75, 3.05) is 7.11 Å². The molecule has 0 fully saturated rings. The smallest absolute Gasteiger partial charge is 0.339 e. The maximum Gasteiger partial charge on any atom is 0.339 e. The van der Waals surface area contributed by atoms with E-state index in [1.54, 1.807) is 20.8 Å². The Morgan fingerprint density at radius 3 is 2.46 bits per heavy atom. The van der Waals surface area contributed by atoms with Gasteiger partial charge in [0, 0.05) is 5.69 Å². The van der Waals surface area contributed by atoms with Crippen molar-refractivity contribution in [3.8, 4) is 5.75 Å². The van der Waals surface area contributed by atoms with E-state index < -0.39 is 12.1 Å². The molecule has 1 aromatic heterocycles. The van der Waals surface area contributed by atoms with Crippen molar-refractivity contribution in [3.05, 3.63) is 50.8 Å². The van der Waals surface area contributed by atoms with Gasteiger partial charge in [-0.3, -0.25) is 4.79 Å². The number of Topliss-reactive ketones (excluding diaryl/α,β-unsaturated/α-hetero) is 1. The van der Waals surface area contributed by atoms with Crippen molar-refractivity contribution in [1.29, 1.82) is 0 Å². The Balaban J connectivity index is 2.27. The Morgan fingerprint density at radius 2 is 1.88 bits per heavy atom. The van der Waals surface area contributed by atoms with Crippen LogP contribution in [0.25, 0.3) is 0 Å². The molecule has 2 rings (SSSR count). The van der Waals surface area contributed by atoms with Crippen molar-refractivity contribution >= 4 is 27.7 Å². The summed E-state index contributed by atoms with van der Waals surface area (Å²) in [6.45, 7) is 7.11. The van der Waals surface area contributed by atoms with Gasteiger partial charge in [0.2, 0.25) is 5.78 Å². The van der Waals surface area contributed by atoms with Gasteiger partial charge in [-0.2, -0.15) is 0 Å². The van der Waals surface area contributed by atoms with E-state index in [4.69, 9.17) is 9.47 Å².